The molecule has 0 saturated heterocycles. The molecule has 0 aromatic carbocycles. The van der Waals surface area contributed by atoms with Crippen LogP contribution in [-0.2, 0) is 6.42 Å². The normalized spacial score (nSPS) is 10.5. The lowest BCUT2D eigenvalue weighted by molar-refractivity contribution is 0.434. The van der Waals surface area contributed by atoms with Gasteiger partial charge in [0.1, 0.15) is 6.33 Å². The van der Waals surface area contributed by atoms with Crippen molar-refractivity contribution >= 4 is 5.82 Å². The van der Waals surface area contributed by atoms with Gasteiger partial charge in [-0.25, -0.2) is 9.97 Å². The highest BCUT2D eigenvalue weighted by molar-refractivity contribution is 5.64. The lowest BCUT2D eigenvalue weighted by atomic mass is 10.1. The molecule has 0 atom stereocenters. The van der Waals surface area contributed by atoms with Crippen molar-refractivity contribution in [1.29, 1.82) is 0 Å². The second-order valence-corrected chi connectivity index (χ2v) is 3.25. The van der Waals surface area contributed by atoms with Gasteiger partial charge in [-0.1, -0.05) is 18.5 Å². The van der Waals surface area contributed by atoms with Gasteiger partial charge in [0, 0.05) is 18.0 Å². The second kappa shape index (κ2) is 4.08. The highest BCUT2D eigenvalue weighted by Crippen LogP contribution is 2.27. The summed E-state index contributed by atoms with van der Waals surface area (Å²) in [4.78, 5) is 7.86. The Morgan fingerprint density at radius 3 is 2.73 bits per heavy atom. The molecule has 0 amide bonds. The Kier molecular flexibility index (Phi) is 2.62. The van der Waals surface area contributed by atoms with Gasteiger partial charge in [-0.05, 0) is 6.42 Å². The Morgan fingerprint density at radius 1 is 1.33 bits per heavy atom. The zero-order valence-corrected chi connectivity index (χ0v) is 8.47. The van der Waals surface area contributed by atoms with Gasteiger partial charge in [-0.15, -0.1) is 0 Å². The first-order valence-corrected chi connectivity index (χ1v) is 4.82. The number of nitrogens with two attached hydrogens (primary N) is 1. The molecule has 15 heavy (non-hydrogen) atoms. The predicted molar refractivity (Wildman–Crippen MR) is 55.9 cm³/mol. The Morgan fingerprint density at radius 2 is 2.07 bits per heavy atom. The monoisotopic (exact) mass is 204 g/mol. The number of hydrogen-bond acceptors (Lipinski definition) is 5. The summed E-state index contributed by atoms with van der Waals surface area (Å²) in [5.41, 5.74) is 7.47. The van der Waals surface area contributed by atoms with E-state index in [2.05, 4.69) is 22.0 Å². The SMILES string of the molecule is CCCc1c(N)noc1-c1cncnc1. The predicted octanol–water partition coefficient (Wildman–Crippen LogP) is 1.67. The first-order chi connectivity index (χ1) is 7.33. The van der Waals surface area contributed by atoms with Gasteiger partial charge in [-0.2, -0.15) is 0 Å². The lowest BCUT2D eigenvalue weighted by Crippen LogP contribution is -1.93. The number of hydrogen-bond donors (Lipinski definition) is 1. The summed E-state index contributed by atoms with van der Waals surface area (Å²) in [6.45, 7) is 2.08. The van der Waals surface area contributed by atoms with Gasteiger partial charge < -0.3 is 10.3 Å². The lowest BCUT2D eigenvalue weighted by Gasteiger charge is -1.98. The minimum absolute atomic E-state index is 0.454. The fourth-order valence-electron chi connectivity index (χ4n) is 1.46. The molecule has 2 rings (SSSR count). The van der Waals surface area contributed by atoms with E-state index >= 15 is 0 Å². The zero-order valence-electron chi connectivity index (χ0n) is 8.47. The van der Waals surface area contributed by atoms with Crippen LogP contribution >= 0.6 is 0 Å². The van der Waals surface area contributed by atoms with Crippen molar-refractivity contribution in [2.75, 3.05) is 5.73 Å². The highest BCUT2D eigenvalue weighted by atomic mass is 16.5. The summed E-state index contributed by atoms with van der Waals surface area (Å²) in [6.07, 6.45) is 6.69. The molecular weight excluding hydrogens is 192 g/mol. The molecule has 2 heterocycles. The summed E-state index contributed by atoms with van der Waals surface area (Å²) in [6, 6.07) is 0. The van der Waals surface area contributed by atoms with Crippen molar-refractivity contribution in [2.24, 2.45) is 0 Å². The number of rotatable bonds is 3. The van der Waals surface area contributed by atoms with Crippen LogP contribution in [0.4, 0.5) is 5.82 Å². The van der Waals surface area contributed by atoms with Gasteiger partial charge in [-0.3, -0.25) is 0 Å². The zero-order chi connectivity index (χ0) is 10.7. The van der Waals surface area contributed by atoms with Crippen LogP contribution in [0.25, 0.3) is 11.3 Å². The maximum Gasteiger partial charge on any atom is 0.175 e. The third-order valence-electron chi connectivity index (χ3n) is 2.14. The largest absolute Gasteiger partial charge is 0.381 e. The summed E-state index contributed by atoms with van der Waals surface area (Å²) in [5.74, 6) is 1.13. The number of nitrogen functional groups attached to an aromatic ring is 1. The molecule has 0 bridgehead atoms. The standard InChI is InChI=1S/C10H12N4O/c1-2-3-8-9(15-14-10(8)11)7-4-12-6-13-5-7/h4-6H,2-3H2,1H3,(H2,11,14). The van der Waals surface area contributed by atoms with Crippen molar-refractivity contribution < 1.29 is 4.52 Å². The van der Waals surface area contributed by atoms with Gasteiger partial charge >= 0.3 is 0 Å². The molecule has 0 aliphatic rings. The summed E-state index contributed by atoms with van der Waals surface area (Å²) in [5, 5.41) is 3.76. The van der Waals surface area contributed by atoms with Crippen LogP contribution in [0.1, 0.15) is 18.9 Å². The molecule has 2 N–H and O–H groups in total. The van der Waals surface area contributed by atoms with Crippen molar-refractivity contribution in [3.05, 3.63) is 24.3 Å². The minimum atomic E-state index is 0.454. The molecule has 0 aliphatic carbocycles. The van der Waals surface area contributed by atoms with Crippen molar-refractivity contribution in [1.82, 2.24) is 15.1 Å². The van der Waals surface area contributed by atoms with Crippen LogP contribution in [0.5, 0.6) is 0 Å². The summed E-state index contributed by atoms with van der Waals surface area (Å²) >= 11 is 0. The van der Waals surface area contributed by atoms with Crippen LogP contribution in [0.3, 0.4) is 0 Å². The third kappa shape index (κ3) is 1.81. The fraction of sp³-hybridized carbons (Fsp3) is 0.300. The first kappa shape index (κ1) is 9.64. The molecule has 0 unspecified atom stereocenters. The quantitative estimate of drug-likeness (QED) is 0.822. The third-order valence-corrected chi connectivity index (χ3v) is 2.14. The molecule has 78 valence electrons. The van der Waals surface area contributed by atoms with Gasteiger partial charge in [0.2, 0.25) is 0 Å². The molecule has 0 spiro atoms. The van der Waals surface area contributed by atoms with E-state index in [1.807, 2.05) is 0 Å². The van der Waals surface area contributed by atoms with E-state index in [0.29, 0.717) is 11.6 Å². The topological polar surface area (TPSA) is 77.8 Å². The first-order valence-electron chi connectivity index (χ1n) is 4.82. The van der Waals surface area contributed by atoms with Crippen LogP contribution in [0, 0.1) is 0 Å². The van der Waals surface area contributed by atoms with E-state index in [4.69, 9.17) is 10.3 Å². The van der Waals surface area contributed by atoms with Crippen LogP contribution < -0.4 is 5.73 Å². The van der Waals surface area contributed by atoms with E-state index in [1.165, 1.54) is 6.33 Å². The molecule has 0 radical (unpaired) electrons. The molecule has 0 saturated carbocycles. The number of anilines is 1. The Bertz CT molecular complexity index is 438. The molecule has 2 aromatic rings. The van der Waals surface area contributed by atoms with Gasteiger partial charge in [0.05, 0.1) is 5.56 Å². The summed E-state index contributed by atoms with van der Waals surface area (Å²) < 4.78 is 5.18. The van der Waals surface area contributed by atoms with Crippen molar-refractivity contribution in [3.8, 4) is 11.3 Å². The van der Waals surface area contributed by atoms with E-state index in [9.17, 15) is 0 Å². The molecule has 0 aliphatic heterocycles. The number of aromatic nitrogens is 3. The van der Waals surface area contributed by atoms with E-state index < -0.39 is 0 Å². The van der Waals surface area contributed by atoms with E-state index in [1.54, 1.807) is 12.4 Å². The fourth-order valence-corrected chi connectivity index (χ4v) is 1.46. The minimum Gasteiger partial charge on any atom is -0.381 e. The highest BCUT2D eigenvalue weighted by Gasteiger charge is 2.14. The Labute approximate surface area is 87.3 Å². The molecular formula is C10H12N4O. The number of nitrogens with zero attached hydrogens (tertiary/aromatic N) is 3. The smallest absolute Gasteiger partial charge is 0.175 e. The van der Waals surface area contributed by atoms with Gasteiger partial charge in [0.25, 0.3) is 0 Å². The average Bonchev–Trinajstić information content (AvgIpc) is 2.63. The van der Waals surface area contributed by atoms with Crippen LogP contribution in [-0.4, -0.2) is 15.1 Å². The van der Waals surface area contributed by atoms with Crippen molar-refractivity contribution in [3.63, 3.8) is 0 Å². The Balaban J connectivity index is 2.44. The van der Waals surface area contributed by atoms with Crippen molar-refractivity contribution in [2.45, 2.75) is 19.8 Å². The van der Waals surface area contributed by atoms with E-state index in [0.717, 1.165) is 24.0 Å². The molecule has 5 nitrogen and oxygen atoms in total. The molecule has 5 heteroatoms. The van der Waals surface area contributed by atoms with E-state index in [-0.39, 0.29) is 0 Å². The summed E-state index contributed by atoms with van der Waals surface area (Å²) in [7, 11) is 0. The molecule has 2 aromatic heterocycles. The van der Waals surface area contributed by atoms with Crippen LogP contribution in [0.2, 0.25) is 0 Å². The Hall–Kier alpha value is -1.91. The average molecular weight is 204 g/mol. The molecule has 0 fully saturated rings. The van der Waals surface area contributed by atoms with Gasteiger partial charge in [0.15, 0.2) is 11.6 Å². The van der Waals surface area contributed by atoms with Crippen LogP contribution in [0.15, 0.2) is 23.2 Å². The maximum absolute atomic E-state index is 5.72. The second-order valence-electron chi connectivity index (χ2n) is 3.25. The maximum atomic E-state index is 5.72.